The highest BCUT2D eigenvalue weighted by molar-refractivity contribution is 6.58. The molecule has 90 valence electrons. The molecule has 3 aromatic carbocycles. The van der Waals surface area contributed by atoms with Gasteiger partial charge in [0.05, 0.1) is 0 Å². The van der Waals surface area contributed by atoms with E-state index in [2.05, 4.69) is 0 Å². The number of hydrogen-bond donors (Lipinski definition) is 0. The summed E-state index contributed by atoms with van der Waals surface area (Å²) < 4.78 is 0. The van der Waals surface area contributed by atoms with Crippen LogP contribution < -0.4 is 0 Å². The van der Waals surface area contributed by atoms with Gasteiger partial charge in [-0.3, -0.25) is 9.59 Å². The Balaban J connectivity index is 2.42. The zero-order valence-electron chi connectivity index (χ0n) is 10.4. The van der Waals surface area contributed by atoms with Gasteiger partial charge >= 0.3 is 0 Å². The van der Waals surface area contributed by atoms with Crippen LogP contribution in [0.15, 0.2) is 42.5 Å². The van der Waals surface area contributed by atoms with Gasteiger partial charge in [0.15, 0.2) is 0 Å². The van der Waals surface area contributed by atoms with Gasteiger partial charge in [-0.15, -0.1) is 0 Å². The van der Waals surface area contributed by atoms with Crippen molar-refractivity contribution in [3.63, 3.8) is 0 Å². The van der Waals surface area contributed by atoms with Gasteiger partial charge in [-0.25, -0.2) is 0 Å². The molecule has 0 saturated carbocycles. The summed E-state index contributed by atoms with van der Waals surface area (Å²) in [6, 6.07) is 13.6. The van der Waals surface area contributed by atoms with Crippen molar-refractivity contribution >= 4 is 33.1 Å². The van der Waals surface area contributed by atoms with Gasteiger partial charge in [-0.2, -0.15) is 0 Å². The Kier molecular flexibility index (Phi) is 1.81. The number of aryl methyl sites for hydroxylation is 1. The van der Waals surface area contributed by atoms with Crippen molar-refractivity contribution in [3.05, 3.63) is 59.2 Å². The third-order valence-electron chi connectivity index (χ3n) is 3.99. The van der Waals surface area contributed by atoms with Crippen LogP contribution in [0.2, 0.25) is 0 Å². The monoisotopic (exact) mass is 246 g/mol. The topological polar surface area (TPSA) is 34.1 Å². The van der Waals surface area contributed by atoms with Crippen molar-refractivity contribution in [1.82, 2.24) is 0 Å². The smallest absolute Gasteiger partial charge is 0.234 e. The summed E-state index contributed by atoms with van der Waals surface area (Å²) in [4.78, 5) is 24.3. The lowest BCUT2D eigenvalue weighted by Crippen LogP contribution is -2.07. The lowest BCUT2D eigenvalue weighted by molar-refractivity contribution is 0.0825. The van der Waals surface area contributed by atoms with Gasteiger partial charge in [0.1, 0.15) is 0 Å². The molecule has 0 radical (unpaired) electrons. The minimum atomic E-state index is -0.376. The highest BCUT2D eigenvalue weighted by Gasteiger charge is 2.33. The molecule has 2 heteroatoms. The predicted molar refractivity (Wildman–Crippen MR) is 74.9 cm³/mol. The Morgan fingerprint density at radius 1 is 0.737 bits per heavy atom. The maximum atomic E-state index is 12.2. The van der Waals surface area contributed by atoms with Crippen molar-refractivity contribution in [2.24, 2.45) is 0 Å². The second-order valence-corrected chi connectivity index (χ2v) is 4.93. The molecule has 19 heavy (non-hydrogen) atoms. The summed E-state index contributed by atoms with van der Waals surface area (Å²) in [5, 5.41) is 3.97. The molecule has 1 aliphatic carbocycles. The van der Waals surface area contributed by atoms with Crippen molar-refractivity contribution < 1.29 is 9.59 Å². The number of Topliss-reactive ketones (excluding diaryl/α,β-unsaturated/α-hetero) is 2. The van der Waals surface area contributed by atoms with Gasteiger partial charge in [0, 0.05) is 16.5 Å². The number of ketones is 2. The van der Waals surface area contributed by atoms with E-state index in [1.165, 1.54) is 0 Å². The largest absolute Gasteiger partial charge is 0.285 e. The average molecular weight is 246 g/mol. The zero-order valence-corrected chi connectivity index (χ0v) is 10.4. The molecule has 0 unspecified atom stereocenters. The number of carbonyl (C=O) groups is 2. The molecule has 0 bridgehead atoms. The van der Waals surface area contributed by atoms with Gasteiger partial charge < -0.3 is 0 Å². The minimum Gasteiger partial charge on any atom is -0.285 e. The Hall–Kier alpha value is -2.48. The van der Waals surface area contributed by atoms with Crippen LogP contribution in [0.3, 0.4) is 0 Å². The van der Waals surface area contributed by atoms with Gasteiger partial charge in [-0.05, 0) is 28.6 Å². The summed E-state index contributed by atoms with van der Waals surface area (Å²) in [5.74, 6) is -0.742. The summed E-state index contributed by atoms with van der Waals surface area (Å²) in [6.07, 6.45) is 0. The zero-order chi connectivity index (χ0) is 13.1. The second-order valence-electron chi connectivity index (χ2n) is 4.93. The fraction of sp³-hybridized carbons (Fsp3) is 0.0588. The van der Waals surface area contributed by atoms with Crippen LogP contribution in [-0.4, -0.2) is 11.6 Å². The van der Waals surface area contributed by atoms with Crippen LogP contribution in [0.5, 0.6) is 0 Å². The van der Waals surface area contributed by atoms with Gasteiger partial charge in [-0.1, -0.05) is 42.5 Å². The molecule has 0 atom stereocenters. The molecule has 0 N–H and O–H groups in total. The maximum absolute atomic E-state index is 12.2. The van der Waals surface area contributed by atoms with E-state index in [9.17, 15) is 9.59 Å². The number of hydrogen-bond acceptors (Lipinski definition) is 2. The molecule has 1 aliphatic rings. The first kappa shape index (κ1) is 10.4. The summed E-state index contributed by atoms with van der Waals surface area (Å²) in [6.45, 7) is 1.92. The van der Waals surface area contributed by atoms with Crippen LogP contribution in [0.1, 0.15) is 26.3 Å². The first-order chi connectivity index (χ1) is 9.20. The van der Waals surface area contributed by atoms with Crippen molar-refractivity contribution in [2.45, 2.75) is 6.92 Å². The third kappa shape index (κ3) is 1.11. The van der Waals surface area contributed by atoms with E-state index in [4.69, 9.17) is 0 Å². The SMILES string of the molecule is Cc1c2c3c(cccc3c3ccccc13)C(=O)C2=O. The molecule has 0 heterocycles. The second kappa shape index (κ2) is 3.29. The van der Waals surface area contributed by atoms with E-state index in [1.54, 1.807) is 6.07 Å². The molecule has 0 saturated heterocycles. The minimum absolute atomic E-state index is 0.366. The van der Waals surface area contributed by atoms with Gasteiger partial charge in [0.25, 0.3) is 0 Å². The Morgan fingerprint density at radius 3 is 2.21 bits per heavy atom. The van der Waals surface area contributed by atoms with E-state index < -0.39 is 0 Å². The highest BCUT2D eigenvalue weighted by Crippen LogP contribution is 2.38. The number of fused-ring (bicyclic) bond motifs is 2. The van der Waals surface area contributed by atoms with E-state index in [-0.39, 0.29) is 11.6 Å². The summed E-state index contributed by atoms with van der Waals surface area (Å²) in [7, 11) is 0. The Morgan fingerprint density at radius 2 is 1.42 bits per heavy atom. The van der Waals surface area contributed by atoms with Crippen LogP contribution >= 0.6 is 0 Å². The lowest BCUT2D eigenvalue weighted by atomic mass is 9.93. The first-order valence-corrected chi connectivity index (χ1v) is 6.23. The quantitative estimate of drug-likeness (QED) is 0.448. The summed E-state index contributed by atoms with van der Waals surface area (Å²) in [5.41, 5.74) is 2.05. The summed E-state index contributed by atoms with van der Waals surface area (Å²) >= 11 is 0. The van der Waals surface area contributed by atoms with Crippen molar-refractivity contribution in [1.29, 1.82) is 0 Å². The molecule has 3 aromatic rings. The number of benzene rings is 3. The fourth-order valence-corrected chi connectivity index (χ4v) is 3.12. The van der Waals surface area contributed by atoms with E-state index in [0.29, 0.717) is 11.1 Å². The molecular formula is C17H10O2. The molecule has 0 fully saturated rings. The van der Waals surface area contributed by atoms with Crippen LogP contribution in [-0.2, 0) is 0 Å². The lowest BCUT2D eigenvalue weighted by Gasteiger charge is -2.09. The van der Waals surface area contributed by atoms with Crippen molar-refractivity contribution in [2.75, 3.05) is 0 Å². The van der Waals surface area contributed by atoms with Gasteiger partial charge in [0.2, 0.25) is 11.6 Å². The molecule has 0 aliphatic heterocycles. The third-order valence-corrected chi connectivity index (χ3v) is 3.99. The molecule has 0 amide bonds. The number of carbonyl (C=O) groups excluding carboxylic acids is 2. The average Bonchev–Trinajstić information content (AvgIpc) is 2.70. The Bertz CT molecular complexity index is 904. The molecular weight excluding hydrogens is 236 g/mol. The van der Waals surface area contributed by atoms with Crippen LogP contribution in [0, 0.1) is 6.92 Å². The van der Waals surface area contributed by atoms with Crippen LogP contribution in [0.25, 0.3) is 21.5 Å². The highest BCUT2D eigenvalue weighted by atomic mass is 16.2. The molecule has 0 aromatic heterocycles. The fourth-order valence-electron chi connectivity index (χ4n) is 3.12. The molecule has 2 nitrogen and oxygen atoms in total. The predicted octanol–water partition coefficient (Wildman–Crippen LogP) is 3.68. The number of rotatable bonds is 0. The van der Waals surface area contributed by atoms with Crippen molar-refractivity contribution in [3.8, 4) is 0 Å². The normalized spacial score (nSPS) is 13.7. The van der Waals surface area contributed by atoms with E-state index in [1.807, 2.05) is 43.3 Å². The molecule has 4 rings (SSSR count). The standard InChI is InChI=1S/C17H10O2/c1-9-10-5-2-3-6-11(10)12-7-4-8-13-15(12)14(9)17(19)16(13)18/h2-8H,1H3. The van der Waals surface area contributed by atoms with E-state index >= 15 is 0 Å². The molecule has 0 spiro atoms. The Labute approximate surface area is 109 Å². The first-order valence-electron chi connectivity index (χ1n) is 6.23. The van der Waals surface area contributed by atoms with E-state index in [0.717, 1.165) is 27.1 Å². The van der Waals surface area contributed by atoms with Crippen LogP contribution in [0.4, 0.5) is 0 Å². The maximum Gasteiger partial charge on any atom is 0.234 e.